The minimum atomic E-state index is -0.283. The number of fused-ring (bicyclic) bond motifs is 1. The molecule has 6 heteroatoms. The van der Waals surface area contributed by atoms with Gasteiger partial charge in [0.1, 0.15) is 0 Å². The lowest BCUT2D eigenvalue weighted by atomic mass is 9.97. The number of nitrogens with two attached hydrogens (primary N) is 2. The third-order valence-corrected chi connectivity index (χ3v) is 5.52. The van der Waals surface area contributed by atoms with Crippen LogP contribution in [0.25, 0.3) is 0 Å². The molecule has 0 aromatic carbocycles. The van der Waals surface area contributed by atoms with Crippen LogP contribution in [-0.2, 0) is 9.59 Å². The van der Waals surface area contributed by atoms with Gasteiger partial charge in [0.25, 0.3) is 0 Å². The Balaban J connectivity index is 1.51. The van der Waals surface area contributed by atoms with E-state index in [0.29, 0.717) is 31.0 Å². The summed E-state index contributed by atoms with van der Waals surface area (Å²) in [6.45, 7) is 3.66. The van der Waals surface area contributed by atoms with Crippen LogP contribution in [0.2, 0.25) is 0 Å². The van der Waals surface area contributed by atoms with Crippen LogP contribution in [0, 0.1) is 17.8 Å². The molecule has 0 bridgehead atoms. The lowest BCUT2D eigenvalue weighted by Gasteiger charge is -2.32. The van der Waals surface area contributed by atoms with Crippen LogP contribution >= 0.6 is 0 Å². The third kappa shape index (κ3) is 3.06. The van der Waals surface area contributed by atoms with Gasteiger partial charge >= 0.3 is 0 Å². The van der Waals surface area contributed by atoms with Crippen molar-refractivity contribution in [3.8, 4) is 0 Å². The van der Waals surface area contributed by atoms with E-state index in [1.807, 2.05) is 4.90 Å². The minimum absolute atomic E-state index is 0.134. The van der Waals surface area contributed by atoms with Crippen molar-refractivity contribution in [2.45, 2.75) is 31.7 Å². The van der Waals surface area contributed by atoms with Crippen molar-refractivity contribution in [2.24, 2.45) is 29.2 Å². The maximum absolute atomic E-state index is 12.4. The number of carbonyl (C=O) groups excluding carboxylic acids is 2. The lowest BCUT2D eigenvalue weighted by molar-refractivity contribution is -0.135. The smallest absolute Gasteiger partial charge is 0.236 e. The Hall–Kier alpha value is -1.14. The molecule has 0 aromatic heterocycles. The van der Waals surface area contributed by atoms with E-state index in [1.165, 1.54) is 6.42 Å². The molecule has 3 aliphatic rings. The summed E-state index contributed by atoms with van der Waals surface area (Å²) < 4.78 is 0. The molecule has 2 aliphatic heterocycles. The van der Waals surface area contributed by atoms with Crippen molar-refractivity contribution < 1.29 is 9.59 Å². The largest absolute Gasteiger partial charge is 0.369 e. The van der Waals surface area contributed by atoms with Gasteiger partial charge in [0.2, 0.25) is 11.8 Å². The van der Waals surface area contributed by atoms with Gasteiger partial charge in [-0.1, -0.05) is 0 Å². The fourth-order valence-corrected chi connectivity index (χ4v) is 4.26. The molecule has 1 saturated carbocycles. The summed E-state index contributed by atoms with van der Waals surface area (Å²) in [5.74, 6) is 0.919. The SMILES string of the molecule is NC(=O)C1CCCN(C(=O)CN2CC3CCC(N)C3C2)C1. The molecule has 4 unspecified atom stereocenters. The fraction of sp³-hybridized carbons (Fsp3) is 0.867. The van der Waals surface area contributed by atoms with Crippen molar-refractivity contribution >= 4 is 11.8 Å². The third-order valence-electron chi connectivity index (χ3n) is 5.52. The number of carbonyl (C=O) groups is 2. The molecule has 2 amide bonds. The summed E-state index contributed by atoms with van der Waals surface area (Å²) in [5.41, 5.74) is 11.5. The van der Waals surface area contributed by atoms with E-state index < -0.39 is 0 Å². The van der Waals surface area contributed by atoms with Gasteiger partial charge in [0.15, 0.2) is 0 Å². The number of nitrogens with zero attached hydrogens (tertiary/aromatic N) is 2. The number of hydrogen-bond acceptors (Lipinski definition) is 4. The second kappa shape index (κ2) is 5.93. The van der Waals surface area contributed by atoms with Crippen molar-refractivity contribution in [1.82, 2.24) is 9.80 Å². The fourth-order valence-electron chi connectivity index (χ4n) is 4.26. The Labute approximate surface area is 125 Å². The van der Waals surface area contributed by atoms with Crippen LogP contribution < -0.4 is 11.5 Å². The molecule has 0 spiro atoms. The molecular formula is C15H26N4O2. The summed E-state index contributed by atoms with van der Waals surface area (Å²) >= 11 is 0. The zero-order valence-corrected chi connectivity index (χ0v) is 12.5. The Morgan fingerprint density at radius 2 is 1.90 bits per heavy atom. The van der Waals surface area contributed by atoms with Crippen molar-refractivity contribution in [3.05, 3.63) is 0 Å². The molecule has 3 rings (SSSR count). The van der Waals surface area contributed by atoms with Crippen LogP contribution in [-0.4, -0.2) is 60.4 Å². The first kappa shape index (κ1) is 14.8. The number of rotatable bonds is 3. The average Bonchev–Trinajstić information content (AvgIpc) is 3.01. The molecule has 0 aromatic rings. The number of likely N-dealkylation sites (tertiary alicyclic amines) is 2. The zero-order valence-electron chi connectivity index (χ0n) is 12.5. The maximum atomic E-state index is 12.4. The van der Waals surface area contributed by atoms with E-state index in [-0.39, 0.29) is 17.7 Å². The highest BCUT2D eigenvalue weighted by Crippen LogP contribution is 2.37. The Morgan fingerprint density at radius 1 is 1.10 bits per heavy atom. The van der Waals surface area contributed by atoms with Gasteiger partial charge in [-0.25, -0.2) is 0 Å². The van der Waals surface area contributed by atoms with Gasteiger partial charge < -0.3 is 16.4 Å². The Bertz CT molecular complexity index is 428. The molecular weight excluding hydrogens is 268 g/mol. The highest BCUT2D eigenvalue weighted by Gasteiger charge is 2.41. The maximum Gasteiger partial charge on any atom is 0.236 e. The van der Waals surface area contributed by atoms with E-state index in [0.717, 1.165) is 38.9 Å². The first-order valence-electron chi connectivity index (χ1n) is 8.09. The molecule has 4 atom stereocenters. The van der Waals surface area contributed by atoms with Gasteiger partial charge in [-0.3, -0.25) is 14.5 Å². The second-order valence-electron chi connectivity index (χ2n) is 6.94. The normalized spacial score (nSPS) is 36.7. The highest BCUT2D eigenvalue weighted by atomic mass is 16.2. The van der Waals surface area contributed by atoms with Gasteiger partial charge in [0, 0.05) is 32.2 Å². The van der Waals surface area contributed by atoms with Crippen molar-refractivity contribution in [2.75, 3.05) is 32.7 Å². The molecule has 2 heterocycles. The predicted molar refractivity (Wildman–Crippen MR) is 79.1 cm³/mol. The summed E-state index contributed by atoms with van der Waals surface area (Å²) in [7, 11) is 0. The number of amides is 2. The van der Waals surface area contributed by atoms with E-state index in [9.17, 15) is 9.59 Å². The number of hydrogen-bond donors (Lipinski definition) is 2. The monoisotopic (exact) mass is 294 g/mol. The van der Waals surface area contributed by atoms with Crippen LogP contribution in [0.15, 0.2) is 0 Å². The first-order valence-corrected chi connectivity index (χ1v) is 8.09. The number of primary amides is 1. The highest BCUT2D eigenvalue weighted by molar-refractivity contribution is 5.81. The molecule has 0 radical (unpaired) electrons. The quantitative estimate of drug-likeness (QED) is 0.725. The zero-order chi connectivity index (χ0) is 15.0. The van der Waals surface area contributed by atoms with Gasteiger partial charge in [-0.15, -0.1) is 0 Å². The van der Waals surface area contributed by atoms with Gasteiger partial charge in [-0.05, 0) is 37.5 Å². The summed E-state index contributed by atoms with van der Waals surface area (Å²) in [6.07, 6.45) is 4.00. The Morgan fingerprint density at radius 3 is 2.62 bits per heavy atom. The molecule has 2 saturated heterocycles. The van der Waals surface area contributed by atoms with Crippen molar-refractivity contribution in [1.29, 1.82) is 0 Å². The van der Waals surface area contributed by atoms with Crippen molar-refractivity contribution in [3.63, 3.8) is 0 Å². The van der Waals surface area contributed by atoms with Crippen LogP contribution in [0.1, 0.15) is 25.7 Å². The Kier molecular flexibility index (Phi) is 4.17. The topological polar surface area (TPSA) is 92.7 Å². The van der Waals surface area contributed by atoms with E-state index in [4.69, 9.17) is 11.5 Å². The lowest BCUT2D eigenvalue weighted by Crippen LogP contribution is -2.47. The predicted octanol–water partition coefficient (Wildman–Crippen LogP) is -0.621. The molecule has 6 nitrogen and oxygen atoms in total. The van der Waals surface area contributed by atoms with Gasteiger partial charge in [0.05, 0.1) is 12.5 Å². The van der Waals surface area contributed by atoms with E-state index in [1.54, 1.807) is 0 Å². The molecule has 3 fully saturated rings. The standard InChI is InChI=1S/C15H26N4O2/c16-13-4-3-10-6-18(8-12(10)13)9-14(20)19-5-1-2-11(7-19)15(17)21/h10-13H,1-9,16H2,(H2,17,21). The van der Waals surface area contributed by atoms with E-state index >= 15 is 0 Å². The second-order valence-corrected chi connectivity index (χ2v) is 6.94. The van der Waals surface area contributed by atoms with E-state index in [2.05, 4.69) is 4.90 Å². The summed E-state index contributed by atoms with van der Waals surface area (Å²) in [4.78, 5) is 27.8. The number of piperidine rings is 1. The van der Waals surface area contributed by atoms with Crippen LogP contribution in [0.4, 0.5) is 0 Å². The minimum Gasteiger partial charge on any atom is -0.369 e. The first-order chi connectivity index (χ1) is 10.0. The molecule has 1 aliphatic carbocycles. The molecule has 118 valence electrons. The van der Waals surface area contributed by atoms with Crippen LogP contribution in [0.5, 0.6) is 0 Å². The molecule has 4 N–H and O–H groups in total. The summed E-state index contributed by atoms with van der Waals surface area (Å²) in [6, 6.07) is 0.310. The van der Waals surface area contributed by atoms with Gasteiger partial charge in [-0.2, -0.15) is 0 Å². The molecule has 21 heavy (non-hydrogen) atoms. The summed E-state index contributed by atoms with van der Waals surface area (Å²) in [5, 5.41) is 0. The average molecular weight is 294 g/mol. The van der Waals surface area contributed by atoms with Crippen LogP contribution in [0.3, 0.4) is 0 Å².